The summed E-state index contributed by atoms with van der Waals surface area (Å²) in [4.78, 5) is 14.9. The van der Waals surface area contributed by atoms with Crippen LogP contribution in [0.25, 0.3) is 0 Å². The Kier molecular flexibility index (Phi) is 5.82. The zero-order valence-electron chi connectivity index (χ0n) is 15.4. The average molecular weight is 376 g/mol. The van der Waals surface area contributed by atoms with Crippen molar-refractivity contribution in [2.75, 3.05) is 19.6 Å². The molecule has 2 heterocycles. The van der Waals surface area contributed by atoms with Crippen LogP contribution in [0.15, 0.2) is 24.3 Å². The molecule has 1 aliphatic carbocycles. The van der Waals surface area contributed by atoms with Gasteiger partial charge in [0.2, 0.25) is 5.91 Å². The summed E-state index contributed by atoms with van der Waals surface area (Å²) in [6.45, 7) is 2.77. The summed E-state index contributed by atoms with van der Waals surface area (Å²) in [5.41, 5.74) is 8.18. The molecule has 1 aromatic rings. The molecule has 3 unspecified atom stereocenters. The number of halogens is 1. The third-order valence-corrected chi connectivity index (χ3v) is 6.83. The number of benzene rings is 1. The largest absolute Gasteiger partial charge is 0.342 e. The zero-order valence-corrected chi connectivity index (χ0v) is 16.2. The van der Waals surface area contributed by atoms with Crippen LogP contribution in [-0.4, -0.2) is 36.5 Å². The molecular weight excluding hydrogens is 346 g/mol. The van der Waals surface area contributed by atoms with Crippen LogP contribution in [0, 0.1) is 11.8 Å². The van der Waals surface area contributed by atoms with Gasteiger partial charge in [0.05, 0.1) is 0 Å². The normalized spacial score (nSPS) is 30.0. The van der Waals surface area contributed by atoms with Crippen LogP contribution in [0.5, 0.6) is 0 Å². The van der Waals surface area contributed by atoms with E-state index in [4.69, 9.17) is 11.6 Å². The Labute approximate surface area is 161 Å². The van der Waals surface area contributed by atoms with E-state index < -0.39 is 0 Å². The van der Waals surface area contributed by atoms with Gasteiger partial charge in [-0.3, -0.25) is 15.6 Å². The van der Waals surface area contributed by atoms with E-state index in [0.717, 1.165) is 37.5 Å². The lowest BCUT2D eigenvalue weighted by molar-refractivity contribution is -0.134. The van der Waals surface area contributed by atoms with Gasteiger partial charge < -0.3 is 4.90 Å². The second-order valence-corrected chi connectivity index (χ2v) is 8.74. The molecule has 0 aromatic heterocycles. The van der Waals surface area contributed by atoms with Gasteiger partial charge in [-0.2, -0.15) is 0 Å². The Morgan fingerprint density at radius 2 is 1.88 bits per heavy atom. The first-order chi connectivity index (χ1) is 12.7. The van der Waals surface area contributed by atoms with E-state index in [1.165, 1.54) is 37.7 Å². The third kappa shape index (κ3) is 4.08. The maximum atomic E-state index is 12.8. The summed E-state index contributed by atoms with van der Waals surface area (Å²) in [5, 5.41) is 0.783. The van der Waals surface area contributed by atoms with Crippen LogP contribution in [-0.2, 0) is 4.79 Å². The average Bonchev–Trinajstić information content (AvgIpc) is 3.34. The second-order valence-electron chi connectivity index (χ2n) is 8.31. The molecule has 2 aliphatic heterocycles. The number of nitrogens with one attached hydrogen (secondary N) is 2. The summed E-state index contributed by atoms with van der Waals surface area (Å²) in [6.07, 6.45) is 8.18. The molecule has 5 heteroatoms. The molecule has 3 fully saturated rings. The van der Waals surface area contributed by atoms with Gasteiger partial charge in [-0.1, -0.05) is 36.6 Å². The zero-order chi connectivity index (χ0) is 17.9. The summed E-state index contributed by atoms with van der Waals surface area (Å²) in [5.74, 6) is 1.96. The molecule has 0 spiro atoms. The lowest BCUT2D eigenvalue weighted by Gasteiger charge is -2.38. The smallest absolute Gasteiger partial charge is 0.222 e. The molecule has 1 saturated carbocycles. The van der Waals surface area contributed by atoms with Crippen LogP contribution in [0.1, 0.15) is 56.4 Å². The van der Waals surface area contributed by atoms with Crippen molar-refractivity contribution in [1.29, 1.82) is 0 Å². The van der Waals surface area contributed by atoms with Gasteiger partial charge in [0.15, 0.2) is 0 Å². The van der Waals surface area contributed by atoms with Crippen molar-refractivity contribution in [1.82, 2.24) is 15.8 Å². The molecule has 4 nitrogen and oxygen atoms in total. The Balaban J connectivity index is 1.39. The van der Waals surface area contributed by atoms with Crippen LogP contribution in [0.4, 0.5) is 0 Å². The van der Waals surface area contributed by atoms with E-state index >= 15 is 0 Å². The summed E-state index contributed by atoms with van der Waals surface area (Å²) in [6, 6.07) is 8.61. The van der Waals surface area contributed by atoms with E-state index in [1.807, 2.05) is 12.1 Å². The van der Waals surface area contributed by atoms with Crippen molar-refractivity contribution in [3.8, 4) is 0 Å². The minimum Gasteiger partial charge on any atom is -0.342 e. The fourth-order valence-electron chi connectivity index (χ4n) is 5.12. The van der Waals surface area contributed by atoms with Gasteiger partial charge in [-0.05, 0) is 55.2 Å². The van der Waals surface area contributed by atoms with Crippen LogP contribution < -0.4 is 10.9 Å². The number of nitrogens with zero attached hydrogens (tertiary/aromatic N) is 1. The highest BCUT2D eigenvalue weighted by atomic mass is 35.5. The summed E-state index contributed by atoms with van der Waals surface area (Å²) in [7, 11) is 0. The van der Waals surface area contributed by atoms with E-state index in [2.05, 4.69) is 27.9 Å². The highest BCUT2D eigenvalue weighted by Crippen LogP contribution is 2.33. The number of piperidine rings is 1. The molecule has 0 bridgehead atoms. The van der Waals surface area contributed by atoms with E-state index in [0.29, 0.717) is 29.7 Å². The summed E-state index contributed by atoms with van der Waals surface area (Å²) >= 11 is 6.05. The van der Waals surface area contributed by atoms with E-state index in [1.54, 1.807) is 0 Å². The maximum Gasteiger partial charge on any atom is 0.222 e. The molecular formula is C21H30ClN3O. The lowest BCUT2D eigenvalue weighted by atomic mass is 9.81. The minimum atomic E-state index is 0.373. The fraction of sp³-hybridized carbons (Fsp3) is 0.667. The Morgan fingerprint density at radius 3 is 2.65 bits per heavy atom. The summed E-state index contributed by atoms with van der Waals surface area (Å²) < 4.78 is 0. The first kappa shape index (κ1) is 18.3. The van der Waals surface area contributed by atoms with E-state index in [9.17, 15) is 4.79 Å². The number of rotatable bonds is 4. The van der Waals surface area contributed by atoms with Gasteiger partial charge in [0.1, 0.15) is 0 Å². The molecule has 26 heavy (non-hydrogen) atoms. The highest BCUT2D eigenvalue weighted by molar-refractivity contribution is 6.30. The topological polar surface area (TPSA) is 44.4 Å². The van der Waals surface area contributed by atoms with Gasteiger partial charge in [-0.25, -0.2) is 0 Å². The molecule has 142 valence electrons. The van der Waals surface area contributed by atoms with Gasteiger partial charge in [0, 0.05) is 43.0 Å². The molecule has 1 amide bonds. The fourth-order valence-corrected chi connectivity index (χ4v) is 5.24. The number of hydrogen-bond donors (Lipinski definition) is 2. The SMILES string of the molecule is O=C(CC1CCCC1)N1CCCC(C2NNCC2c2ccc(Cl)cc2)C1. The number of carbonyl (C=O) groups is 1. The van der Waals surface area contributed by atoms with Crippen molar-refractivity contribution < 1.29 is 4.79 Å². The molecule has 1 aromatic carbocycles. The monoisotopic (exact) mass is 375 g/mol. The predicted octanol–water partition coefficient (Wildman–Crippen LogP) is 3.72. The Hall–Kier alpha value is -1.10. The maximum absolute atomic E-state index is 12.8. The van der Waals surface area contributed by atoms with Gasteiger partial charge in [-0.15, -0.1) is 0 Å². The first-order valence-electron chi connectivity index (χ1n) is 10.2. The Morgan fingerprint density at radius 1 is 1.12 bits per heavy atom. The van der Waals surface area contributed by atoms with Crippen LogP contribution in [0.2, 0.25) is 5.02 Å². The standard InChI is InChI=1S/C21H30ClN3O/c22-18-9-7-16(8-10-18)19-13-23-24-21(19)17-6-3-11-25(14-17)20(26)12-15-4-1-2-5-15/h7-10,15,17,19,21,23-24H,1-6,11-14H2. The first-order valence-corrected chi connectivity index (χ1v) is 10.6. The van der Waals surface area contributed by atoms with Crippen molar-refractivity contribution in [3.63, 3.8) is 0 Å². The predicted molar refractivity (Wildman–Crippen MR) is 105 cm³/mol. The minimum absolute atomic E-state index is 0.373. The van der Waals surface area contributed by atoms with Crippen LogP contribution in [0.3, 0.4) is 0 Å². The lowest BCUT2D eigenvalue weighted by Crippen LogP contribution is -2.48. The number of hydrogen-bond acceptors (Lipinski definition) is 3. The quantitative estimate of drug-likeness (QED) is 0.843. The number of likely N-dealkylation sites (tertiary alicyclic amines) is 1. The Bertz CT molecular complexity index is 614. The molecule has 2 saturated heterocycles. The van der Waals surface area contributed by atoms with Crippen molar-refractivity contribution >= 4 is 17.5 Å². The third-order valence-electron chi connectivity index (χ3n) is 6.58. The van der Waals surface area contributed by atoms with Crippen molar-refractivity contribution in [2.24, 2.45) is 11.8 Å². The molecule has 0 radical (unpaired) electrons. The van der Waals surface area contributed by atoms with Gasteiger partial charge >= 0.3 is 0 Å². The molecule has 3 aliphatic rings. The van der Waals surface area contributed by atoms with Gasteiger partial charge in [0.25, 0.3) is 0 Å². The van der Waals surface area contributed by atoms with Crippen molar-refractivity contribution in [3.05, 3.63) is 34.9 Å². The molecule has 3 atom stereocenters. The highest BCUT2D eigenvalue weighted by Gasteiger charge is 2.37. The molecule has 2 N–H and O–H groups in total. The van der Waals surface area contributed by atoms with E-state index in [-0.39, 0.29) is 0 Å². The number of hydrazine groups is 1. The molecule has 4 rings (SSSR count). The second kappa shape index (κ2) is 8.28. The number of carbonyl (C=O) groups excluding carboxylic acids is 1. The number of amides is 1. The van der Waals surface area contributed by atoms with Crippen molar-refractivity contribution in [2.45, 2.75) is 56.9 Å². The van der Waals surface area contributed by atoms with Crippen LogP contribution >= 0.6 is 11.6 Å².